The Balaban J connectivity index is 1.61. The van der Waals surface area contributed by atoms with Crippen molar-refractivity contribution in [3.8, 4) is 0 Å². The SMILES string of the molecule is CCc1cccc(NC(=O)COC(=O)c2cccc(S(=O)(=O)N3CCCC3)c2)c1. The van der Waals surface area contributed by atoms with Crippen molar-refractivity contribution in [1.29, 1.82) is 0 Å². The Morgan fingerprint density at radius 3 is 2.52 bits per heavy atom. The van der Waals surface area contributed by atoms with Crippen LogP contribution in [0.2, 0.25) is 0 Å². The highest BCUT2D eigenvalue weighted by atomic mass is 32.2. The summed E-state index contributed by atoms with van der Waals surface area (Å²) in [5.74, 6) is -1.21. The molecular formula is C21H24N2O5S. The summed E-state index contributed by atoms with van der Waals surface area (Å²) in [6.07, 6.45) is 2.50. The Labute approximate surface area is 170 Å². The third kappa shape index (κ3) is 5.21. The molecule has 0 bridgehead atoms. The van der Waals surface area contributed by atoms with Crippen LogP contribution in [0.1, 0.15) is 35.7 Å². The number of hydrogen-bond donors (Lipinski definition) is 1. The minimum absolute atomic E-state index is 0.0506. The quantitative estimate of drug-likeness (QED) is 0.701. The zero-order valence-electron chi connectivity index (χ0n) is 16.3. The first kappa shape index (κ1) is 21.0. The zero-order valence-corrected chi connectivity index (χ0v) is 17.1. The van der Waals surface area contributed by atoms with Crippen LogP contribution in [-0.2, 0) is 26.0 Å². The lowest BCUT2D eigenvalue weighted by atomic mass is 10.1. The fourth-order valence-corrected chi connectivity index (χ4v) is 4.71. The molecule has 29 heavy (non-hydrogen) atoms. The smallest absolute Gasteiger partial charge is 0.338 e. The van der Waals surface area contributed by atoms with Gasteiger partial charge in [-0.15, -0.1) is 0 Å². The van der Waals surface area contributed by atoms with E-state index in [-0.39, 0.29) is 10.5 Å². The van der Waals surface area contributed by atoms with Crippen molar-refractivity contribution in [3.05, 3.63) is 59.7 Å². The summed E-state index contributed by atoms with van der Waals surface area (Å²) < 4.78 is 31.7. The van der Waals surface area contributed by atoms with E-state index in [0.29, 0.717) is 18.8 Å². The van der Waals surface area contributed by atoms with Crippen LogP contribution in [-0.4, -0.2) is 44.3 Å². The second-order valence-corrected chi connectivity index (χ2v) is 8.76. The van der Waals surface area contributed by atoms with Gasteiger partial charge in [0.1, 0.15) is 0 Å². The molecule has 7 nitrogen and oxygen atoms in total. The predicted octanol–water partition coefficient (Wildman–Crippen LogP) is 2.83. The maximum atomic E-state index is 12.6. The van der Waals surface area contributed by atoms with E-state index < -0.39 is 28.5 Å². The molecule has 0 spiro atoms. The van der Waals surface area contributed by atoms with Crippen LogP contribution in [0, 0.1) is 0 Å². The molecule has 1 amide bonds. The highest BCUT2D eigenvalue weighted by Crippen LogP contribution is 2.21. The molecule has 0 aromatic heterocycles. The first-order valence-corrected chi connectivity index (χ1v) is 11.0. The highest BCUT2D eigenvalue weighted by molar-refractivity contribution is 7.89. The van der Waals surface area contributed by atoms with Gasteiger partial charge in [0.25, 0.3) is 5.91 Å². The standard InChI is InChI=1S/C21H24N2O5S/c1-2-16-7-5-9-18(13-16)22-20(24)15-28-21(25)17-8-6-10-19(14-17)29(26,27)23-11-3-4-12-23/h5-10,13-14H,2-4,11-12,15H2,1H3,(H,22,24). The number of nitrogens with zero attached hydrogens (tertiary/aromatic N) is 1. The predicted molar refractivity (Wildman–Crippen MR) is 109 cm³/mol. The monoisotopic (exact) mass is 416 g/mol. The van der Waals surface area contributed by atoms with Crippen molar-refractivity contribution in [2.24, 2.45) is 0 Å². The number of esters is 1. The van der Waals surface area contributed by atoms with E-state index in [1.54, 1.807) is 6.07 Å². The van der Waals surface area contributed by atoms with Crippen molar-refractivity contribution < 1.29 is 22.7 Å². The molecule has 0 saturated carbocycles. The minimum Gasteiger partial charge on any atom is -0.452 e. The molecule has 0 unspecified atom stereocenters. The van der Waals surface area contributed by atoms with Gasteiger partial charge >= 0.3 is 5.97 Å². The molecule has 1 aliphatic rings. The van der Waals surface area contributed by atoms with Gasteiger partial charge < -0.3 is 10.1 Å². The van der Waals surface area contributed by atoms with E-state index >= 15 is 0 Å². The summed E-state index contributed by atoms with van der Waals surface area (Å²) in [4.78, 5) is 24.4. The van der Waals surface area contributed by atoms with E-state index in [4.69, 9.17) is 4.74 Å². The second kappa shape index (κ2) is 9.19. The van der Waals surface area contributed by atoms with Crippen LogP contribution in [0.25, 0.3) is 0 Å². The van der Waals surface area contributed by atoms with Gasteiger partial charge in [0.05, 0.1) is 10.5 Å². The lowest BCUT2D eigenvalue weighted by molar-refractivity contribution is -0.119. The number of sulfonamides is 1. The van der Waals surface area contributed by atoms with Crippen molar-refractivity contribution in [1.82, 2.24) is 4.31 Å². The summed E-state index contributed by atoms with van der Waals surface area (Å²) in [6.45, 7) is 2.52. The first-order chi connectivity index (χ1) is 13.9. The molecule has 1 fully saturated rings. The number of hydrogen-bond acceptors (Lipinski definition) is 5. The normalized spacial score (nSPS) is 14.5. The van der Waals surface area contributed by atoms with E-state index in [9.17, 15) is 18.0 Å². The Morgan fingerprint density at radius 2 is 1.79 bits per heavy atom. The third-order valence-corrected chi connectivity index (χ3v) is 6.62. The second-order valence-electron chi connectivity index (χ2n) is 6.82. The number of nitrogens with one attached hydrogen (secondary N) is 1. The van der Waals surface area contributed by atoms with Gasteiger partial charge in [0.2, 0.25) is 10.0 Å². The Bertz CT molecular complexity index is 998. The van der Waals surface area contributed by atoms with Crippen LogP contribution in [0.5, 0.6) is 0 Å². The molecule has 2 aromatic rings. The number of aryl methyl sites for hydroxylation is 1. The van der Waals surface area contributed by atoms with Crippen molar-refractivity contribution in [2.75, 3.05) is 25.0 Å². The summed E-state index contributed by atoms with van der Waals surface area (Å²) in [5, 5.41) is 2.68. The molecule has 8 heteroatoms. The van der Waals surface area contributed by atoms with Gasteiger partial charge in [0.15, 0.2) is 6.61 Å². The van der Waals surface area contributed by atoms with E-state index in [1.807, 2.05) is 25.1 Å². The van der Waals surface area contributed by atoms with Crippen LogP contribution < -0.4 is 5.32 Å². The highest BCUT2D eigenvalue weighted by Gasteiger charge is 2.27. The number of amides is 1. The molecular weight excluding hydrogens is 392 g/mol. The van der Waals surface area contributed by atoms with Crippen LogP contribution >= 0.6 is 0 Å². The molecule has 1 N–H and O–H groups in total. The average molecular weight is 416 g/mol. The maximum absolute atomic E-state index is 12.6. The van der Waals surface area contributed by atoms with Crippen LogP contribution in [0.4, 0.5) is 5.69 Å². The molecule has 1 saturated heterocycles. The number of rotatable bonds is 7. The third-order valence-electron chi connectivity index (χ3n) is 4.73. The van der Waals surface area contributed by atoms with Crippen LogP contribution in [0.15, 0.2) is 53.4 Å². The molecule has 0 aliphatic carbocycles. The van der Waals surface area contributed by atoms with Gasteiger partial charge in [-0.05, 0) is 55.2 Å². The lowest BCUT2D eigenvalue weighted by Gasteiger charge is -2.15. The van der Waals surface area contributed by atoms with Crippen LogP contribution in [0.3, 0.4) is 0 Å². The van der Waals surface area contributed by atoms with Crippen molar-refractivity contribution in [3.63, 3.8) is 0 Å². The number of carbonyl (C=O) groups excluding carboxylic acids is 2. The lowest BCUT2D eigenvalue weighted by Crippen LogP contribution is -2.28. The molecule has 0 atom stereocenters. The number of benzene rings is 2. The summed E-state index contributed by atoms with van der Waals surface area (Å²) in [7, 11) is -3.63. The summed E-state index contributed by atoms with van der Waals surface area (Å²) in [6, 6.07) is 13.1. The zero-order chi connectivity index (χ0) is 20.9. The molecule has 1 aliphatic heterocycles. The van der Waals surface area contributed by atoms with Gasteiger partial charge in [-0.1, -0.05) is 25.1 Å². The molecule has 2 aromatic carbocycles. The maximum Gasteiger partial charge on any atom is 0.338 e. The molecule has 1 heterocycles. The Hall–Kier alpha value is -2.71. The van der Waals surface area contributed by atoms with Gasteiger partial charge in [-0.25, -0.2) is 13.2 Å². The van der Waals surface area contributed by atoms with E-state index in [0.717, 1.165) is 24.8 Å². The molecule has 0 radical (unpaired) electrons. The van der Waals surface area contributed by atoms with Crippen molar-refractivity contribution in [2.45, 2.75) is 31.1 Å². The number of anilines is 1. The fourth-order valence-electron chi connectivity index (χ4n) is 3.14. The average Bonchev–Trinajstić information content (AvgIpc) is 3.28. The fraction of sp³-hybridized carbons (Fsp3) is 0.333. The molecule has 3 rings (SSSR count). The minimum atomic E-state index is -3.63. The molecule has 154 valence electrons. The number of carbonyl (C=O) groups is 2. The largest absolute Gasteiger partial charge is 0.452 e. The first-order valence-electron chi connectivity index (χ1n) is 9.56. The van der Waals surface area contributed by atoms with Crippen molar-refractivity contribution >= 4 is 27.6 Å². The van der Waals surface area contributed by atoms with Gasteiger partial charge in [0, 0.05) is 18.8 Å². The van der Waals surface area contributed by atoms with Gasteiger partial charge in [-0.3, -0.25) is 4.79 Å². The number of ether oxygens (including phenoxy) is 1. The van der Waals surface area contributed by atoms with E-state index in [1.165, 1.54) is 28.6 Å². The van der Waals surface area contributed by atoms with Gasteiger partial charge in [-0.2, -0.15) is 4.31 Å². The Kier molecular flexibility index (Phi) is 6.66. The van der Waals surface area contributed by atoms with E-state index in [2.05, 4.69) is 5.32 Å². The topological polar surface area (TPSA) is 92.8 Å². The summed E-state index contributed by atoms with van der Waals surface area (Å²) in [5.41, 5.74) is 1.80. The summed E-state index contributed by atoms with van der Waals surface area (Å²) >= 11 is 0. The Morgan fingerprint density at radius 1 is 1.07 bits per heavy atom.